The van der Waals surface area contributed by atoms with Gasteiger partial charge in [0.1, 0.15) is 0 Å². The third-order valence-corrected chi connectivity index (χ3v) is 11.4. The Labute approximate surface area is 146 Å². The third-order valence-electron chi connectivity index (χ3n) is 9.92. The number of hydrogen-bond acceptors (Lipinski definition) is 2. The molecule has 0 bridgehead atoms. The summed E-state index contributed by atoms with van der Waals surface area (Å²) >= 11 is 2.26. The van der Waals surface area contributed by atoms with Crippen LogP contribution in [0.3, 0.4) is 0 Å². The molecular formula is C21H34OS. The fourth-order valence-electron chi connectivity index (χ4n) is 7.92. The number of aliphatic hydroxyl groups is 1. The predicted octanol–water partition coefficient (Wildman–Crippen LogP) is 5.27. The maximum absolute atomic E-state index is 11.0. The molecule has 0 aromatic heterocycles. The molecule has 2 heteroatoms. The van der Waals surface area contributed by atoms with Gasteiger partial charge in [0, 0.05) is 10.5 Å². The first-order chi connectivity index (χ1) is 10.8. The van der Waals surface area contributed by atoms with E-state index in [-0.39, 0.29) is 5.41 Å². The van der Waals surface area contributed by atoms with Gasteiger partial charge in [-0.1, -0.05) is 13.8 Å². The number of fused-ring (bicyclic) bond motifs is 5. The van der Waals surface area contributed by atoms with Crippen molar-refractivity contribution < 1.29 is 5.11 Å². The first-order valence-electron chi connectivity index (χ1n) is 10.2. The smallest absolute Gasteiger partial charge is 0.0675 e. The second-order valence-electron chi connectivity index (χ2n) is 10.6. The van der Waals surface area contributed by atoms with Crippen molar-refractivity contribution in [3.63, 3.8) is 0 Å². The Morgan fingerprint density at radius 3 is 2.35 bits per heavy atom. The molecule has 5 aliphatic rings. The second kappa shape index (κ2) is 4.53. The molecule has 130 valence electrons. The lowest BCUT2D eigenvalue weighted by atomic mass is 9.44. The van der Waals surface area contributed by atoms with Crippen molar-refractivity contribution in [2.45, 2.75) is 88.9 Å². The lowest BCUT2D eigenvalue weighted by Gasteiger charge is -2.61. The molecule has 0 unspecified atom stereocenters. The molecule has 4 saturated carbocycles. The third kappa shape index (κ3) is 1.92. The Kier molecular flexibility index (Phi) is 3.06. The van der Waals surface area contributed by atoms with Gasteiger partial charge in [0.2, 0.25) is 0 Å². The topological polar surface area (TPSA) is 20.2 Å². The van der Waals surface area contributed by atoms with E-state index in [0.29, 0.717) is 5.41 Å². The van der Waals surface area contributed by atoms with Crippen LogP contribution >= 0.6 is 11.8 Å². The highest BCUT2D eigenvalue weighted by Crippen LogP contribution is 2.71. The van der Waals surface area contributed by atoms with Crippen molar-refractivity contribution in [1.29, 1.82) is 0 Å². The van der Waals surface area contributed by atoms with E-state index in [9.17, 15) is 5.11 Å². The Morgan fingerprint density at radius 1 is 0.870 bits per heavy atom. The fraction of sp³-hybridized carbons (Fsp3) is 1.00. The normalized spacial score (nSPS) is 64.2. The molecule has 0 aromatic rings. The van der Waals surface area contributed by atoms with Crippen LogP contribution in [0.5, 0.6) is 0 Å². The van der Waals surface area contributed by atoms with Crippen LogP contribution in [0.25, 0.3) is 0 Å². The Hall–Kier alpha value is 0.310. The number of hydrogen-bond donors (Lipinski definition) is 1. The summed E-state index contributed by atoms with van der Waals surface area (Å²) in [5.41, 5.74) is 0.397. The van der Waals surface area contributed by atoms with Crippen LogP contribution in [0.4, 0.5) is 0 Å². The molecule has 0 aromatic carbocycles. The van der Waals surface area contributed by atoms with Crippen LogP contribution in [-0.2, 0) is 0 Å². The zero-order valence-electron chi connectivity index (χ0n) is 15.2. The summed E-state index contributed by atoms with van der Waals surface area (Å²) < 4.78 is 0.733. The Bertz CT molecular complexity index is 524. The van der Waals surface area contributed by atoms with Crippen LogP contribution in [-0.4, -0.2) is 21.2 Å². The molecule has 1 N–H and O–H groups in total. The summed E-state index contributed by atoms with van der Waals surface area (Å²) in [4.78, 5) is 0. The van der Waals surface area contributed by atoms with E-state index in [0.717, 1.165) is 34.8 Å². The maximum atomic E-state index is 11.0. The van der Waals surface area contributed by atoms with Crippen molar-refractivity contribution in [3.8, 4) is 0 Å². The van der Waals surface area contributed by atoms with Crippen molar-refractivity contribution in [2.24, 2.45) is 34.5 Å². The summed E-state index contributed by atoms with van der Waals surface area (Å²) in [5, 5.41) is 11.0. The minimum atomic E-state index is -0.415. The van der Waals surface area contributed by atoms with Crippen molar-refractivity contribution in [1.82, 2.24) is 0 Å². The van der Waals surface area contributed by atoms with Crippen LogP contribution in [0, 0.1) is 34.5 Å². The monoisotopic (exact) mass is 334 g/mol. The summed E-state index contributed by atoms with van der Waals surface area (Å²) in [6, 6.07) is 0. The SMILES string of the molecule is C[C@]12CC[C@@]3(CS3)C[C@H]1CC[C@@H]1[C@@H]2CC[C@@]2(C)[C@H]1CC[C@]2(C)O. The highest BCUT2D eigenvalue weighted by molar-refractivity contribution is 8.07. The van der Waals surface area contributed by atoms with Gasteiger partial charge in [0.15, 0.2) is 0 Å². The van der Waals surface area contributed by atoms with Crippen molar-refractivity contribution >= 4 is 11.8 Å². The lowest BCUT2D eigenvalue weighted by Crippen LogP contribution is -2.56. The summed E-state index contributed by atoms with van der Waals surface area (Å²) in [5.74, 6) is 5.11. The van der Waals surface area contributed by atoms with Gasteiger partial charge in [-0.2, -0.15) is 11.8 Å². The van der Waals surface area contributed by atoms with Crippen LogP contribution in [0.2, 0.25) is 0 Å². The van der Waals surface area contributed by atoms with Gasteiger partial charge < -0.3 is 5.11 Å². The zero-order valence-corrected chi connectivity index (χ0v) is 16.1. The minimum absolute atomic E-state index is 0.194. The molecule has 1 heterocycles. The molecule has 5 fully saturated rings. The van der Waals surface area contributed by atoms with Gasteiger partial charge in [-0.15, -0.1) is 0 Å². The summed E-state index contributed by atoms with van der Waals surface area (Å²) in [6.07, 6.45) is 12.4. The second-order valence-corrected chi connectivity index (χ2v) is 12.0. The molecule has 5 rings (SSSR count). The van der Waals surface area contributed by atoms with Crippen LogP contribution in [0.15, 0.2) is 0 Å². The Balaban J connectivity index is 1.45. The molecule has 23 heavy (non-hydrogen) atoms. The molecule has 1 aliphatic heterocycles. The zero-order chi connectivity index (χ0) is 16.1. The van der Waals surface area contributed by atoms with Crippen molar-refractivity contribution in [3.05, 3.63) is 0 Å². The fourth-order valence-corrected chi connectivity index (χ4v) is 8.95. The molecule has 8 atom stereocenters. The highest BCUT2D eigenvalue weighted by Gasteiger charge is 2.64. The van der Waals surface area contributed by atoms with Crippen molar-refractivity contribution in [2.75, 3.05) is 5.75 Å². The molecule has 1 nitrogen and oxygen atoms in total. The predicted molar refractivity (Wildman–Crippen MR) is 97.5 cm³/mol. The summed E-state index contributed by atoms with van der Waals surface area (Å²) in [7, 11) is 0. The van der Waals surface area contributed by atoms with E-state index in [1.165, 1.54) is 57.1 Å². The van der Waals surface area contributed by atoms with E-state index in [2.05, 4.69) is 32.5 Å². The van der Waals surface area contributed by atoms with E-state index in [1.807, 2.05) is 0 Å². The van der Waals surface area contributed by atoms with Gasteiger partial charge in [0.25, 0.3) is 0 Å². The number of thioether (sulfide) groups is 1. The Morgan fingerprint density at radius 2 is 1.61 bits per heavy atom. The molecule has 1 spiro atoms. The highest BCUT2D eigenvalue weighted by atomic mass is 32.2. The van der Waals surface area contributed by atoms with Gasteiger partial charge in [-0.05, 0) is 99.2 Å². The van der Waals surface area contributed by atoms with E-state index in [4.69, 9.17) is 0 Å². The minimum Gasteiger partial charge on any atom is -0.390 e. The molecule has 0 radical (unpaired) electrons. The first kappa shape index (κ1) is 15.6. The van der Waals surface area contributed by atoms with E-state index < -0.39 is 5.60 Å². The standard InChI is InChI=1S/C21H34OS/c1-18-10-11-21(13-23-21)12-14(18)4-5-15-16(18)6-8-19(2)17(15)7-9-20(19,3)22/h14-17,22H,4-13H2,1-3H3/t14-,15-,16+,17+,18+,19+,20+,21+/m1/s1. The number of rotatable bonds is 0. The quantitative estimate of drug-likeness (QED) is 0.609. The molecule has 0 amide bonds. The average Bonchev–Trinajstić information content (AvgIpc) is 3.21. The van der Waals surface area contributed by atoms with Crippen LogP contribution < -0.4 is 0 Å². The molecule has 4 aliphatic carbocycles. The lowest BCUT2D eigenvalue weighted by molar-refractivity contribution is -0.146. The van der Waals surface area contributed by atoms with Gasteiger partial charge >= 0.3 is 0 Å². The van der Waals surface area contributed by atoms with E-state index in [1.54, 1.807) is 0 Å². The summed E-state index contributed by atoms with van der Waals surface area (Å²) in [6.45, 7) is 7.23. The van der Waals surface area contributed by atoms with Gasteiger partial charge in [-0.25, -0.2) is 0 Å². The molecular weight excluding hydrogens is 300 g/mol. The van der Waals surface area contributed by atoms with E-state index >= 15 is 0 Å². The van der Waals surface area contributed by atoms with Crippen LogP contribution in [0.1, 0.15) is 78.6 Å². The maximum Gasteiger partial charge on any atom is 0.0675 e. The average molecular weight is 335 g/mol. The first-order valence-corrected chi connectivity index (χ1v) is 11.1. The largest absolute Gasteiger partial charge is 0.390 e. The van der Waals surface area contributed by atoms with Gasteiger partial charge in [-0.3, -0.25) is 0 Å². The van der Waals surface area contributed by atoms with Gasteiger partial charge in [0.05, 0.1) is 5.60 Å². The molecule has 1 saturated heterocycles.